The van der Waals surface area contributed by atoms with E-state index in [1.54, 1.807) is 21.1 Å². The van der Waals surface area contributed by atoms with Crippen LogP contribution in [0.25, 0.3) is 22.3 Å². The van der Waals surface area contributed by atoms with Crippen LogP contribution in [-0.4, -0.2) is 54.9 Å². The highest BCUT2D eigenvalue weighted by Crippen LogP contribution is 2.36. The van der Waals surface area contributed by atoms with Gasteiger partial charge in [0.25, 0.3) is 0 Å². The summed E-state index contributed by atoms with van der Waals surface area (Å²) in [6.45, 7) is 7.91. The fourth-order valence-electron chi connectivity index (χ4n) is 4.67. The van der Waals surface area contributed by atoms with Gasteiger partial charge in [-0.1, -0.05) is 12.1 Å². The number of nitrogens with one attached hydrogen (secondary N) is 1. The summed E-state index contributed by atoms with van der Waals surface area (Å²) >= 11 is 0. The first kappa shape index (κ1) is 23.1. The van der Waals surface area contributed by atoms with Crippen LogP contribution in [0.1, 0.15) is 16.8 Å². The van der Waals surface area contributed by atoms with E-state index in [0.717, 1.165) is 65.7 Å². The molecule has 1 N–H and O–H groups in total. The van der Waals surface area contributed by atoms with Gasteiger partial charge < -0.3 is 24.3 Å². The van der Waals surface area contributed by atoms with Crippen molar-refractivity contribution in [3.05, 3.63) is 65.1 Å². The smallest absolute Gasteiger partial charge is 0.207 e. The number of imidazole rings is 1. The van der Waals surface area contributed by atoms with Gasteiger partial charge in [-0.25, -0.2) is 9.37 Å². The van der Waals surface area contributed by atoms with Gasteiger partial charge >= 0.3 is 0 Å². The van der Waals surface area contributed by atoms with Crippen molar-refractivity contribution in [2.24, 2.45) is 0 Å². The molecule has 4 aromatic rings. The van der Waals surface area contributed by atoms with Crippen molar-refractivity contribution in [2.75, 3.05) is 45.3 Å². The van der Waals surface area contributed by atoms with Crippen molar-refractivity contribution < 1.29 is 13.9 Å². The van der Waals surface area contributed by atoms with Crippen molar-refractivity contribution in [1.29, 1.82) is 0 Å². The van der Waals surface area contributed by atoms with Crippen molar-refractivity contribution in [3.8, 4) is 22.8 Å². The second-order valence-corrected chi connectivity index (χ2v) is 8.87. The zero-order valence-corrected chi connectivity index (χ0v) is 20.6. The maximum absolute atomic E-state index is 13.9. The minimum absolute atomic E-state index is 0.192. The Bertz CT molecular complexity index is 1380. The predicted molar refractivity (Wildman–Crippen MR) is 136 cm³/mol. The molecule has 3 heterocycles. The van der Waals surface area contributed by atoms with E-state index in [9.17, 15) is 4.39 Å². The first-order valence-electron chi connectivity index (χ1n) is 11.8. The second kappa shape index (κ2) is 9.54. The lowest BCUT2D eigenvalue weighted by molar-refractivity contribution is 0.355. The molecule has 0 aliphatic carbocycles. The zero-order valence-electron chi connectivity index (χ0n) is 20.6. The largest absolute Gasteiger partial charge is 0.493 e. The summed E-state index contributed by atoms with van der Waals surface area (Å²) in [5, 5.41) is 3.41. The summed E-state index contributed by atoms with van der Waals surface area (Å²) in [7, 11) is 3.25. The minimum atomic E-state index is -0.192. The van der Waals surface area contributed by atoms with Crippen LogP contribution in [0.15, 0.2) is 42.5 Å². The molecule has 0 atom stereocenters. The highest BCUT2D eigenvalue weighted by molar-refractivity contribution is 5.92. The molecule has 1 fully saturated rings. The topological polar surface area (TPSA) is 64.4 Å². The molecule has 1 saturated heterocycles. The summed E-state index contributed by atoms with van der Waals surface area (Å²) in [5.41, 5.74) is 6.09. The van der Waals surface area contributed by atoms with E-state index in [0.29, 0.717) is 23.6 Å². The minimum Gasteiger partial charge on any atom is -0.493 e. The van der Waals surface area contributed by atoms with Gasteiger partial charge in [-0.05, 0) is 55.3 Å². The van der Waals surface area contributed by atoms with Gasteiger partial charge in [0.05, 0.1) is 32.0 Å². The molecular formula is C27H30FN5O2. The number of hydrogen-bond acceptors (Lipinski definition) is 6. The van der Waals surface area contributed by atoms with Crippen LogP contribution in [0.4, 0.5) is 10.3 Å². The maximum atomic E-state index is 13.9. The van der Waals surface area contributed by atoms with E-state index in [4.69, 9.17) is 19.4 Å². The van der Waals surface area contributed by atoms with Gasteiger partial charge in [0, 0.05) is 37.4 Å². The summed E-state index contributed by atoms with van der Waals surface area (Å²) in [6, 6.07) is 13.2. The summed E-state index contributed by atoms with van der Waals surface area (Å²) in [4.78, 5) is 12.3. The lowest BCUT2D eigenvalue weighted by Gasteiger charge is -2.29. The lowest BCUT2D eigenvalue weighted by atomic mass is 10.1. The third kappa shape index (κ3) is 4.41. The molecule has 0 amide bonds. The van der Waals surface area contributed by atoms with Crippen LogP contribution in [0.5, 0.6) is 11.5 Å². The second-order valence-electron chi connectivity index (χ2n) is 8.87. The number of anilines is 1. The summed E-state index contributed by atoms with van der Waals surface area (Å²) in [6.07, 6.45) is 0. The highest BCUT2D eigenvalue weighted by Gasteiger charge is 2.23. The van der Waals surface area contributed by atoms with Gasteiger partial charge in [-0.3, -0.25) is 4.98 Å². The average molecular weight is 476 g/mol. The molecule has 2 aromatic carbocycles. The Balaban J connectivity index is 1.70. The Hall–Kier alpha value is -3.65. The van der Waals surface area contributed by atoms with E-state index in [1.807, 2.05) is 37.3 Å². The molecule has 182 valence electrons. The van der Waals surface area contributed by atoms with Crippen molar-refractivity contribution in [3.63, 3.8) is 0 Å². The number of benzene rings is 2. The standard InChI is InChI=1S/C27H30FN5O2/c1-17-13-19(5-7-21(17)28)16-33-22-14-18(2)30-25(20-6-8-23(34-3)24(15-20)35-4)26(22)31-27(33)32-11-9-29-10-12-32/h5-8,13-15,29H,9-12,16H2,1-4H3. The van der Waals surface area contributed by atoms with Crippen LogP contribution >= 0.6 is 0 Å². The Morgan fingerprint density at radius 1 is 0.943 bits per heavy atom. The van der Waals surface area contributed by atoms with Crippen LogP contribution in [-0.2, 0) is 6.54 Å². The number of methoxy groups -OCH3 is 2. The third-order valence-electron chi connectivity index (χ3n) is 6.46. The molecular weight excluding hydrogens is 445 g/mol. The Morgan fingerprint density at radius 2 is 1.71 bits per heavy atom. The number of aryl methyl sites for hydroxylation is 2. The maximum Gasteiger partial charge on any atom is 0.207 e. The number of nitrogens with zero attached hydrogens (tertiary/aromatic N) is 4. The van der Waals surface area contributed by atoms with Crippen LogP contribution < -0.4 is 19.7 Å². The number of pyridine rings is 1. The fourth-order valence-corrected chi connectivity index (χ4v) is 4.67. The van der Waals surface area contributed by atoms with Gasteiger partial charge in [-0.15, -0.1) is 0 Å². The molecule has 1 aliphatic heterocycles. The third-order valence-corrected chi connectivity index (χ3v) is 6.46. The molecule has 1 aliphatic rings. The summed E-state index contributed by atoms with van der Waals surface area (Å²) < 4.78 is 27.1. The van der Waals surface area contributed by atoms with Crippen LogP contribution in [0.3, 0.4) is 0 Å². The Morgan fingerprint density at radius 3 is 2.43 bits per heavy atom. The number of piperazine rings is 1. The van der Waals surface area contributed by atoms with E-state index >= 15 is 0 Å². The molecule has 8 heteroatoms. The number of halogens is 1. The van der Waals surface area contributed by atoms with Crippen molar-refractivity contribution in [1.82, 2.24) is 19.9 Å². The number of fused-ring (bicyclic) bond motifs is 1. The Kier molecular flexibility index (Phi) is 6.30. The first-order valence-corrected chi connectivity index (χ1v) is 11.8. The number of hydrogen-bond donors (Lipinski definition) is 1. The van der Waals surface area contributed by atoms with Crippen LogP contribution in [0.2, 0.25) is 0 Å². The van der Waals surface area contributed by atoms with E-state index < -0.39 is 0 Å². The van der Waals surface area contributed by atoms with Gasteiger partial charge in [0.1, 0.15) is 11.3 Å². The van der Waals surface area contributed by atoms with Crippen LogP contribution in [0, 0.1) is 19.7 Å². The molecule has 35 heavy (non-hydrogen) atoms. The Labute approximate surface area is 204 Å². The number of ether oxygens (including phenoxy) is 2. The highest BCUT2D eigenvalue weighted by atomic mass is 19.1. The SMILES string of the molecule is COc1ccc(-c2nc(C)cc3c2nc(N2CCNCC2)n3Cc2ccc(F)c(C)c2)cc1OC. The average Bonchev–Trinajstić information content (AvgIpc) is 3.23. The van der Waals surface area contributed by atoms with Crippen molar-refractivity contribution >= 4 is 17.0 Å². The normalized spacial score (nSPS) is 13.9. The van der Waals surface area contributed by atoms with E-state index in [1.165, 1.54) is 6.07 Å². The summed E-state index contributed by atoms with van der Waals surface area (Å²) in [5.74, 6) is 2.02. The number of rotatable bonds is 6. The molecule has 7 nitrogen and oxygen atoms in total. The number of aromatic nitrogens is 3. The molecule has 5 rings (SSSR count). The predicted octanol–water partition coefficient (Wildman–Crippen LogP) is 4.33. The van der Waals surface area contributed by atoms with Gasteiger partial charge in [0.15, 0.2) is 11.5 Å². The lowest BCUT2D eigenvalue weighted by Crippen LogP contribution is -2.44. The molecule has 0 unspecified atom stereocenters. The molecule has 2 aromatic heterocycles. The molecule has 0 radical (unpaired) electrons. The molecule has 0 bridgehead atoms. The van der Waals surface area contributed by atoms with Gasteiger partial charge in [0.2, 0.25) is 5.95 Å². The molecule has 0 saturated carbocycles. The molecule has 0 spiro atoms. The zero-order chi connectivity index (χ0) is 24.5. The fraction of sp³-hybridized carbons (Fsp3) is 0.333. The first-order chi connectivity index (χ1) is 17.0. The van der Waals surface area contributed by atoms with Gasteiger partial charge in [-0.2, -0.15) is 0 Å². The van der Waals surface area contributed by atoms with E-state index in [-0.39, 0.29) is 5.82 Å². The monoisotopic (exact) mass is 475 g/mol. The quantitative estimate of drug-likeness (QED) is 0.448. The van der Waals surface area contributed by atoms with E-state index in [2.05, 4.69) is 20.9 Å². The van der Waals surface area contributed by atoms with Crippen molar-refractivity contribution in [2.45, 2.75) is 20.4 Å².